The number of halogens is 4. The number of sulfonamides is 1. The van der Waals surface area contributed by atoms with Gasteiger partial charge in [-0.2, -0.15) is 0 Å². The lowest BCUT2D eigenvalue weighted by atomic mass is 10.0. The molecule has 0 aliphatic rings. The summed E-state index contributed by atoms with van der Waals surface area (Å²) in [6.07, 6.45) is 0.129. The number of nitrogens with one attached hydrogen (secondary N) is 1. The summed E-state index contributed by atoms with van der Waals surface area (Å²) in [5, 5.41) is 3.21. The molecule has 0 aliphatic heterocycles. The van der Waals surface area contributed by atoms with Crippen LogP contribution in [0, 0.1) is 5.82 Å². The Morgan fingerprint density at radius 2 is 1.49 bits per heavy atom. The minimum absolute atomic E-state index is 0.0330. The van der Waals surface area contributed by atoms with Gasteiger partial charge in [-0.05, 0) is 67.4 Å². The normalized spacial score (nSPS) is 12.1. The maximum atomic E-state index is 14.4. The summed E-state index contributed by atoms with van der Waals surface area (Å²) in [6.45, 7) is 2.73. The lowest BCUT2D eigenvalue weighted by molar-refractivity contribution is -0.140. The Hall–Kier alpha value is -3.63. The third kappa shape index (κ3) is 8.76. The number of hydrogen-bond acceptors (Lipinski definition) is 4. The molecule has 0 saturated heterocycles. The Morgan fingerprint density at radius 3 is 2.09 bits per heavy atom. The first-order valence-electron chi connectivity index (χ1n) is 14.0. The highest BCUT2D eigenvalue weighted by molar-refractivity contribution is 7.92. The van der Waals surface area contributed by atoms with E-state index in [1.54, 1.807) is 44.2 Å². The van der Waals surface area contributed by atoms with E-state index >= 15 is 0 Å². The molecule has 0 saturated carbocycles. The first-order chi connectivity index (χ1) is 21.4. The Balaban J connectivity index is 1.84. The first kappa shape index (κ1) is 34.2. The van der Waals surface area contributed by atoms with Crippen molar-refractivity contribution >= 4 is 62.3 Å². The lowest BCUT2D eigenvalue weighted by Crippen LogP contribution is -2.54. The predicted molar refractivity (Wildman–Crippen MR) is 177 cm³/mol. The zero-order chi connectivity index (χ0) is 32.7. The SMILES string of the molecule is CC(C)NC(=O)[C@H](Cc1ccccc1)N(Cc1ccc(Cl)cc1Cl)C(=O)CN(c1ccc(F)c(Cl)c1)S(=O)(=O)c1ccccc1. The van der Waals surface area contributed by atoms with Crippen molar-refractivity contribution in [2.24, 2.45) is 0 Å². The summed E-state index contributed by atoms with van der Waals surface area (Å²) in [5.41, 5.74) is 1.24. The van der Waals surface area contributed by atoms with Crippen molar-refractivity contribution in [2.45, 2.75) is 43.8 Å². The van der Waals surface area contributed by atoms with Gasteiger partial charge in [-0.1, -0.05) is 89.4 Å². The molecule has 1 atom stereocenters. The van der Waals surface area contributed by atoms with Gasteiger partial charge >= 0.3 is 0 Å². The molecule has 2 amide bonds. The average Bonchev–Trinajstić information content (AvgIpc) is 3.00. The van der Waals surface area contributed by atoms with Crippen LogP contribution in [0.5, 0.6) is 0 Å². The Labute approximate surface area is 277 Å². The molecule has 0 unspecified atom stereocenters. The highest BCUT2D eigenvalue weighted by atomic mass is 35.5. The molecule has 45 heavy (non-hydrogen) atoms. The summed E-state index contributed by atoms with van der Waals surface area (Å²) in [6, 6.07) is 23.5. The fourth-order valence-corrected chi connectivity index (χ4v) is 6.73. The summed E-state index contributed by atoms with van der Waals surface area (Å²) < 4.78 is 43.0. The van der Waals surface area contributed by atoms with E-state index in [1.165, 1.54) is 29.2 Å². The number of amides is 2. The molecular formula is C33H31Cl3FN3O4S. The smallest absolute Gasteiger partial charge is 0.264 e. The van der Waals surface area contributed by atoms with Gasteiger partial charge in [-0.3, -0.25) is 13.9 Å². The monoisotopic (exact) mass is 689 g/mol. The molecule has 4 aromatic carbocycles. The minimum atomic E-state index is -4.36. The highest BCUT2D eigenvalue weighted by Gasteiger charge is 2.35. The van der Waals surface area contributed by atoms with Gasteiger partial charge in [-0.25, -0.2) is 12.8 Å². The molecule has 1 N–H and O–H groups in total. The van der Waals surface area contributed by atoms with E-state index < -0.39 is 40.2 Å². The zero-order valence-corrected chi connectivity index (χ0v) is 27.5. The van der Waals surface area contributed by atoms with Crippen molar-refractivity contribution in [1.29, 1.82) is 0 Å². The van der Waals surface area contributed by atoms with Gasteiger partial charge in [0.15, 0.2) is 0 Å². The summed E-state index contributed by atoms with van der Waals surface area (Å²) >= 11 is 18.7. The molecule has 7 nitrogen and oxygen atoms in total. The largest absolute Gasteiger partial charge is 0.352 e. The van der Waals surface area contributed by atoms with Crippen LogP contribution in [0.3, 0.4) is 0 Å². The molecule has 0 spiro atoms. The van der Waals surface area contributed by atoms with Gasteiger partial charge in [0.25, 0.3) is 10.0 Å². The van der Waals surface area contributed by atoms with Gasteiger partial charge < -0.3 is 10.2 Å². The number of rotatable bonds is 12. The summed E-state index contributed by atoms with van der Waals surface area (Å²) in [5.74, 6) is -1.90. The number of carbonyl (C=O) groups excluding carboxylic acids is 2. The second-order valence-corrected chi connectivity index (χ2v) is 13.7. The average molecular weight is 691 g/mol. The van der Waals surface area contributed by atoms with Crippen LogP contribution in [0.1, 0.15) is 25.0 Å². The number of benzene rings is 4. The standard InChI is InChI=1S/C33H31Cl3FN3O4S/c1-22(2)38-33(42)31(17-23-9-5-3-6-10-23)39(20-24-13-14-25(34)18-28(24)35)32(41)21-40(26-15-16-30(37)29(36)19-26)45(43,44)27-11-7-4-8-12-27/h3-16,18-19,22,31H,17,20-21H2,1-2H3,(H,38,42)/t31-/m0/s1. The Kier molecular flexibility index (Phi) is 11.5. The first-order valence-corrected chi connectivity index (χ1v) is 16.5. The minimum Gasteiger partial charge on any atom is -0.352 e. The van der Waals surface area contributed by atoms with Crippen LogP contribution in [0.25, 0.3) is 0 Å². The van der Waals surface area contributed by atoms with Gasteiger partial charge in [0.05, 0.1) is 15.6 Å². The van der Waals surface area contributed by atoms with Crippen molar-refractivity contribution in [3.8, 4) is 0 Å². The van der Waals surface area contributed by atoms with Crippen molar-refractivity contribution < 1.29 is 22.4 Å². The molecule has 0 heterocycles. The second kappa shape index (κ2) is 15.1. The number of nitrogens with zero attached hydrogens (tertiary/aromatic N) is 2. The van der Waals surface area contributed by atoms with E-state index in [9.17, 15) is 22.4 Å². The molecular weight excluding hydrogens is 660 g/mol. The van der Waals surface area contributed by atoms with Gasteiger partial charge in [0.1, 0.15) is 18.4 Å². The van der Waals surface area contributed by atoms with Gasteiger partial charge in [0.2, 0.25) is 11.8 Å². The molecule has 0 fully saturated rings. The van der Waals surface area contributed by atoms with Crippen molar-refractivity contribution in [2.75, 3.05) is 10.8 Å². The van der Waals surface area contributed by atoms with E-state index in [0.29, 0.717) is 10.6 Å². The van der Waals surface area contributed by atoms with Crippen LogP contribution in [0.4, 0.5) is 10.1 Å². The third-order valence-corrected chi connectivity index (χ3v) is 9.52. The maximum absolute atomic E-state index is 14.4. The Bertz CT molecular complexity index is 1760. The van der Waals surface area contributed by atoms with Crippen molar-refractivity contribution in [3.63, 3.8) is 0 Å². The lowest BCUT2D eigenvalue weighted by Gasteiger charge is -2.34. The molecule has 0 bridgehead atoms. The van der Waals surface area contributed by atoms with Crippen molar-refractivity contribution in [3.05, 3.63) is 129 Å². The molecule has 4 rings (SSSR count). The van der Waals surface area contributed by atoms with E-state index in [2.05, 4.69) is 5.32 Å². The Morgan fingerprint density at radius 1 is 0.844 bits per heavy atom. The third-order valence-electron chi connectivity index (χ3n) is 6.86. The molecule has 12 heteroatoms. The summed E-state index contributed by atoms with van der Waals surface area (Å²) in [7, 11) is -4.36. The van der Waals surface area contributed by atoms with E-state index in [-0.39, 0.29) is 39.6 Å². The molecule has 0 aliphatic carbocycles. The number of carbonyl (C=O) groups is 2. The van der Waals surface area contributed by atoms with Gasteiger partial charge in [0, 0.05) is 29.1 Å². The highest BCUT2D eigenvalue weighted by Crippen LogP contribution is 2.29. The quantitative estimate of drug-likeness (QED) is 0.171. The van der Waals surface area contributed by atoms with Crippen molar-refractivity contribution in [1.82, 2.24) is 10.2 Å². The van der Waals surface area contributed by atoms with Crippen LogP contribution in [-0.2, 0) is 32.6 Å². The van der Waals surface area contributed by atoms with Crippen LogP contribution in [0.2, 0.25) is 15.1 Å². The molecule has 0 radical (unpaired) electrons. The fourth-order valence-electron chi connectivity index (χ4n) is 4.66. The number of hydrogen-bond donors (Lipinski definition) is 1. The van der Waals surface area contributed by atoms with Crippen LogP contribution in [0.15, 0.2) is 102 Å². The van der Waals surface area contributed by atoms with E-state index in [0.717, 1.165) is 22.0 Å². The van der Waals surface area contributed by atoms with E-state index in [4.69, 9.17) is 34.8 Å². The molecule has 4 aromatic rings. The maximum Gasteiger partial charge on any atom is 0.264 e. The predicted octanol–water partition coefficient (Wildman–Crippen LogP) is 7.15. The molecule has 0 aromatic heterocycles. The van der Waals surface area contributed by atoms with E-state index in [1.807, 2.05) is 30.3 Å². The second-order valence-electron chi connectivity index (χ2n) is 10.5. The fraction of sp³-hybridized carbons (Fsp3) is 0.212. The summed E-state index contributed by atoms with van der Waals surface area (Å²) in [4.78, 5) is 29.4. The topological polar surface area (TPSA) is 86.8 Å². The number of anilines is 1. The molecule has 236 valence electrons. The zero-order valence-electron chi connectivity index (χ0n) is 24.5. The van der Waals surface area contributed by atoms with Crippen LogP contribution in [-0.4, -0.2) is 43.8 Å². The van der Waals surface area contributed by atoms with Crippen LogP contribution >= 0.6 is 34.8 Å². The van der Waals surface area contributed by atoms with Gasteiger partial charge in [-0.15, -0.1) is 0 Å². The van der Waals surface area contributed by atoms with Crippen LogP contribution < -0.4 is 9.62 Å².